The smallest absolute Gasteiger partial charge is 0.0815 e. The van der Waals surface area contributed by atoms with Gasteiger partial charge in [-0.1, -0.05) is 32.9 Å². The van der Waals surface area contributed by atoms with E-state index in [0.29, 0.717) is 12.0 Å². The summed E-state index contributed by atoms with van der Waals surface area (Å²) in [6, 6.07) is 11.2. The zero-order chi connectivity index (χ0) is 14.5. The van der Waals surface area contributed by atoms with E-state index < -0.39 is 0 Å². The minimum Gasteiger partial charge on any atom is -0.379 e. The zero-order valence-electron chi connectivity index (χ0n) is 12.9. The second-order valence-electron chi connectivity index (χ2n) is 5.67. The maximum atomic E-state index is 4.60. The highest BCUT2D eigenvalue weighted by atomic mass is 15.3. The van der Waals surface area contributed by atoms with Crippen molar-refractivity contribution in [1.29, 1.82) is 0 Å². The van der Waals surface area contributed by atoms with Crippen molar-refractivity contribution in [2.75, 3.05) is 5.32 Å². The van der Waals surface area contributed by atoms with E-state index >= 15 is 0 Å². The third-order valence-corrected chi connectivity index (χ3v) is 3.76. The summed E-state index contributed by atoms with van der Waals surface area (Å²) in [5.74, 6) is 0.579. The standard InChI is InChI=1S/C17H25N3/c1-5-14(4)20-11-10-17(19-20)12-18-16-8-6-15(7-9-16)13(2)3/h6-11,13-14,18H,5,12H2,1-4H3. The van der Waals surface area contributed by atoms with Crippen molar-refractivity contribution in [3.63, 3.8) is 0 Å². The van der Waals surface area contributed by atoms with Crippen LogP contribution >= 0.6 is 0 Å². The summed E-state index contributed by atoms with van der Waals surface area (Å²) in [6.45, 7) is 9.56. The molecule has 1 unspecified atom stereocenters. The minimum atomic E-state index is 0.467. The summed E-state index contributed by atoms with van der Waals surface area (Å²) in [5, 5.41) is 8.02. The maximum Gasteiger partial charge on any atom is 0.0815 e. The summed E-state index contributed by atoms with van der Waals surface area (Å²) in [5.41, 5.74) is 3.60. The Morgan fingerprint density at radius 2 is 1.80 bits per heavy atom. The van der Waals surface area contributed by atoms with Crippen molar-refractivity contribution in [2.24, 2.45) is 0 Å². The molecule has 0 fully saturated rings. The topological polar surface area (TPSA) is 29.9 Å². The van der Waals surface area contributed by atoms with Crippen molar-refractivity contribution in [3.05, 3.63) is 47.8 Å². The van der Waals surface area contributed by atoms with Crippen molar-refractivity contribution < 1.29 is 0 Å². The van der Waals surface area contributed by atoms with Gasteiger partial charge in [0.15, 0.2) is 0 Å². The molecule has 0 saturated heterocycles. The van der Waals surface area contributed by atoms with E-state index in [1.165, 1.54) is 5.56 Å². The highest BCUT2D eigenvalue weighted by molar-refractivity contribution is 5.45. The van der Waals surface area contributed by atoms with E-state index in [1.807, 2.05) is 4.68 Å². The molecule has 2 aromatic rings. The van der Waals surface area contributed by atoms with Crippen LogP contribution in [-0.2, 0) is 6.54 Å². The third kappa shape index (κ3) is 3.62. The van der Waals surface area contributed by atoms with Gasteiger partial charge >= 0.3 is 0 Å². The Labute approximate surface area is 122 Å². The first-order chi connectivity index (χ1) is 9.60. The fourth-order valence-corrected chi connectivity index (χ4v) is 2.08. The fraction of sp³-hybridized carbons (Fsp3) is 0.471. The predicted octanol–water partition coefficient (Wildman–Crippen LogP) is 4.59. The molecule has 20 heavy (non-hydrogen) atoms. The highest BCUT2D eigenvalue weighted by Crippen LogP contribution is 2.17. The van der Waals surface area contributed by atoms with Gasteiger partial charge in [-0.05, 0) is 43.0 Å². The molecular formula is C17H25N3. The lowest BCUT2D eigenvalue weighted by Crippen LogP contribution is -2.06. The van der Waals surface area contributed by atoms with Gasteiger partial charge in [-0.2, -0.15) is 5.10 Å². The zero-order valence-corrected chi connectivity index (χ0v) is 12.9. The SMILES string of the molecule is CCC(C)n1ccc(CNc2ccc(C(C)C)cc2)n1. The number of hydrogen-bond donors (Lipinski definition) is 1. The maximum absolute atomic E-state index is 4.60. The molecule has 1 aromatic carbocycles. The molecule has 1 aromatic heterocycles. The molecule has 0 radical (unpaired) electrons. The first kappa shape index (κ1) is 14.6. The van der Waals surface area contributed by atoms with E-state index in [1.54, 1.807) is 0 Å². The average Bonchev–Trinajstić information content (AvgIpc) is 2.93. The van der Waals surface area contributed by atoms with Crippen LogP contribution in [0.25, 0.3) is 0 Å². The van der Waals surface area contributed by atoms with Gasteiger partial charge in [-0.15, -0.1) is 0 Å². The molecule has 0 bridgehead atoms. The minimum absolute atomic E-state index is 0.467. The third-order valence-electron chi connectivity index (χ3n) is 3.76. The molecule has 0 spiro atoms. The number of anilines is 1. The van der Waals surface area contributed by atoms with Crippen molar-refractivity contribution in [3.8, 4) is 0 Å². The molecule has 0 aliphatic rings. The van der Waals surface area contributed by atoms with Crippen LogP contribution in [0.3, 0.4) is 0 Å². The van der Waals surface area contributed by atoms with E-state index in [4.69, 9.17) is 0 Å². The molecule has 2 rings (SSSR count). The number of nitrogens with one attached hydrogen (secondary N) is 1. The van der Waals surface area contributed by atoms with Crippen LogP contribution in [0.5, 0.6) is 0 Å². The Kier molecular flexibility index (Phi) is 4.83. The molecule has 1 atom stereocenters. The molecule has 3 heteroatoms. The second kappa shape index (κ2) is 6.60. The first-order valence-electron chi connectivity index (χ1n) is 7.48. The average molecular weight is 271 g/mol. The Balaban J connectivity index is 1.93. The molecule has 0 aliphatic carbocycles. The van der Waals surface area contributed by atoms with Crippen molar-refractivity contribution in [2.45, 2.75) is 52.6 Å². The van der Waals surface area contributed by atoms with Crippen LogP contribution in [0.4, 0.5) is 5.69 Å². The van der Waals surface area contributed by atoms with Gasteiger partial charge < -0.3 is 5.32 Å². The second-order valence-corrected chi connectivity index (χ2v) is 5.67. The largest absolute Gasteiger partial charge is 0.379 e. The van der Waals surface area contributed by atoms with Gasteiger partial charge in [-0.25, -0.2) is 0 Å². The van der Waals surface area contributed by atoms with Crippen LogP contribution in [0, 0.1) is 0 Å². The van der Waals surface area contributed by atoms with Crippen molar-refractivity contribution in [1.82, 2.24) is 9.78 Å². The number of benzene rings is 1. The number of aromatic nitrogens is 2. The van der Waals surface area contributed by atoms with Gasteiger partial charge in [-0.3, -0.25) is 4.68 Å². The first-order valence-corrected chi connectivity index (χ1v) is 7.48. The Morgan fingerprint density at radius 1 is 1.10 bits per heavy atom. The molecule has 3 nitrogen and oxygen atoms in total. The summed E-state index contributed by atoms with van der Waals surface area (Å²) in [7, 11) is 0. The molecule has 1 N–H and O–H groups in total. The summed E-state index contributed by atoms with van der Waals surface area (Å²) in [6.07, 6.45) is 3.16. The van der Waals surface area contributed by atoms with Crippen LogP contribution in [0.15, 0.2) is 36.5 Å². The normalized spacial score (nSPS) is 12.7. The quantitative estimate of drug-likeness (QED) is 0.832. The summed E-state index contributed by atoms with van der Waals surface area (Å²) >= 11 is 0. The van der Waals surface area contributed by atoms with Gasteiger partial charge in [0.2, 0.25) is 0 Å². The summed E-state index contributed by atoms with van der Waals surface area (Å²) < 4.78 is 2.04. The molecule has 1 heterocycles. The van der Waals surface area contributed by atoms with Gasteiger partial charge in [0.25, 0.3) is 0 Å². The van der Waals surface area contributed by atoms with E-state index in [0.717, 1.165) is 24.3 Å². The molecule has 108 valence electrons. The summed E-state index contributed by atoms with van der Waals surface area (Å²) in [4.78, 5) is 0. The molecule has 0 amide bonds. The number of nitrogens with zero attached hydrogens (tertiary/aromatic N) is 2. The van der Waals surface area contributed by atoms with Crippen molar-refractivity contribution >= 4 is 5.69 Å². The lowest BCUT2D eigenvalue weighted by molar-refractivity contribution is 0.474. The fourth-order valence-electron chi connectivity index (χ4n) is 2.08. The lowest BCUT2D eigenvalue weighted by atomic mass is 10.0. The monoisotopic (exact) mass is 271 g/mol. The molecular weight excluding hydrogens is 246 g/mol. The van der Waals surface area contributed by atoms with Crippen LogP contribution in [0.1, 0.15) is 57.3 Å². The van der Waals surface area contributed by atoms with Crippen LogP contribution in [-0.4, -0.2) is 9.78 Å². The van der Waals surface area contributed by atoms with E-state index in [9.17, 15) is 0 Å². The highest BCUT2D eigenvalue weighted by Gasteiger charge is 2.04. The Morgan fingerprint density at radius 3 is 2.40 bits per heavy atom. The molecule has 0 saturated carbocycles. The number of hydrogen-bond acceptors (Lipinski definition) is 2. The Hall–Kier alpha value is -1.77. The van der Waals surface area contributed by atoms with Crippen LogP contribution < -0.4 is 5.32 Å². The Bertz CT molecular complexity index is 525. The predicted molar refractivity (Wildman–Crippen MR) is 85.1 cm³/mol. The molecule has 0 aliphatic heterocycles. The van der Waals surface area contributed by atoms with E-state index in [2.05, 4.69) is 74.6 Å². The lowest BCUT2D eigenvalue weighted by Gasteiger charge is -2.09. The van der Waals surface area contributed by atoms with Gasteiger partial charge in [0, 0.05) is 17.9 Å². The van der Waals surface area contributed by atoms with Gasteiger partial charge in [0.1, 0.15) is 0 Å². The number of rotatable bonds is 6. The van der Waals surface area contributed by atoms with E-state index in [-0.39, 0.29) is 0 Å². The van der Waals surface area contributed by atoms with Gasteiger partial charge in [0.05, 0.1) is 12.2 Å². The van der Waals surface area contributed by atoms with Crippen LogP contribution in [0.2, 0.25) is 0 Å².